The number of hydrogen-bond acceptors (Lipinski definition) is 2. The molecule has 1 aromatic carbocycles. The van der Waals surface area contributed by atoms with Crippen molar-refractivity contribution in [3.05, 3.63) is 49.9 Å². The van der Waals surface area contributed by atoms with E-state index in [1.165, 1.54) is 15.4 Å². The highest BCUT2D eigenvalue weighted by atomic mass is 79.9. The van der Waals surface area contributed by atoms with Crippen molar-refractivity contribution < 1.29 is 0 Å². The summed E-state index contributed by atoms with van der Waals surface area (Å²) in [4.78, 5) is 6.02. The highest BCUT2D eigenvalue weighted by Crippen LogP contribution is 2.35. The number of hydrogen-bond donors (Lipinski definition) is 0. The molecule has 1 nitrogen and oxygen atoms in total. The number of nitrogens with zero attached hydrogens (tertiary/aromatic N) is 1. The third-order valence-electron chi connectivity index (χ3n) is 3.51. The maximum absolute atomic E-state index is 4.70. The van der Waals surface area contributed by atoms with Gasteiger partial charge >= 0.3 is 0 Å². The Morgan fingerprint density at radius 2 is 1.90 bits per heavy atom. The second-order valence-corrected chi connectivity index (χ2v) is 8.31. The van der Waals surface area contributed by atoms with Crippen LogP contribution in [0.3, 0.4) is 0 Å². The molecule has 2 rings (SSSR count). The molecule has 0 aliphatic carbocycles. The van der Waals surface area contributed by atoms with Gasteiger partial charge < -0.3 is 0 Å². The van der Waals surface area contributed by atoms with Crippen molar-refractivity contribution in [1.29, 1.82) is 0 Å². The number of aromatic nitrogens is 1. The summed E-state index contributed by atoms with van der Waals surface area (Å²) in [5.74, 6) is 0. The van der Waals surface area contributed by atoms with Crippen molar-refractivity contribution in [2.75, 3.05) is 10.7 Å². The average molecular weight is 482 g/mol. The quantitative estimate of drug-likeness (QED) is 0.492. The van der Waals surface area contributed by atoms with Crippen LogP contribution in [0.5, 0.6) is 0 Å². The highest BCUT2D eigenvalue weighted by Gasteiger charge is 2.32. The predicted octanol–water partition coefficient (Wildman–Crippen LogP) is 5.79. The minimum Gasteiger partial charge on any atom is -0.246 e. The Kier molecular flexibility index (Phi) is 5.86. The van der Waals surface area contributed by atoms with Gasteiger partial charge in [0.05, 0.1) is 10.7 Å². The number of benzene rings is 1. The maximum Gasteiger partial charge on any atom is 0.0940 e. The molecule has 0 amide bonds. The number of thiazole rings is 1. The molecule has 0 N–H and O–H groups in total. The minimum absolute atomic E-state index is 0.0283. The van der Waals surface area contributed by atoms with Gasteiger partial charge in [0.2, 0.25) is 0 Å². The summed E-state index contributed by atoms with van der Waals surface area (Å²) in [6.45, 7) is 4.22. The fourth-order valence-corrected chi connectivity index (χ4v) is 5.56. The Balaban J connectivity index is 2.39. The van der Waals surface area contributed by atoms with E-state index in [-0.39, 0.29) is 5.41 Å². The molecule has 0 spiro atoms. The van der Waals surface area contributed by atoms with Crippen molar-refractivity contribution in [3.8, 4) is 0 Å². The molecule has 1 heterocycles. The van der Waals surface area contributed by atoms with Gasteiger partial charge in [-0.3, -0.25) is 0 Å². The number of aryl methyl sites for hydroxylation is 2. The Hall–Kier alpha value is 0.290. The zero-order valence-corrected chi connectivity index (χ0v) is 17.0. The smallest absolute Gasteiger partial charge is 0.0940 e. The van der Waals surface area contributed by atoms with Crippen LogP contribution in [0.25, 0.3) is 0 Å². The van der Waals surface area contributed by atoms with E-state index in [2.05, 4.69) is 85.9 Å². The summed E-state index contributed by atoms with van der Waals surface area (Å²) in [6.07, 6.45) is 0.944. The Morgan fingerprint density at radius 1 is 1.20 bits per heavy atom. The minimum atomic E-state index is 0.0283. The largest absolute Gasteiger partial charge is 0.246 e. The molecule has 2 aromatic rings. The van der Waals surface area contributed by atoms with E-state index < -0.39 is 0 Å². The van der Waals surface area contributed by atoms with Gasteiger partial charge in [-0.15, -0.1) is 11.3 Å². The van der Waals surface area contributed by atoms with Gasteiger partial charge in [0.25, 0.3) is 0 Å². The van der Waals surface area contributed by atoms with Gasteiger partial charge in [-0.2, -0.15) is 0 Å². The zero-order valence-electron chi connectivity index (χ0n) is 11.4. The molecule has 0 radical (unpaired) electrons. The average Bonchev–Trinajstić information content (AvgIpc) is 2.75. The van der Waals surface area contributed by atoms with Crippen LogP contribution in [-0.2, 0) is 11.8 Å². The van der Waals surface area contributed by atoms with E-state index in [4.69, 9.17) is 4.98 Å². The second-order valence-electron chi connectivity index (χ2n) is 4.98. The first-order valence-corrected chi connectivity index (χ1v) is 10.2. The van der Waals surface area contributed by atoms with Crippen molar-refractivity contribution in [2.24, 2.45) is 0 Å². The first-order chi connectivity index (χ1) is 9.50. The van der Waals surface area contributed by atoms with E-state index >= 15 is 0 Å². The molecule has 0 unspecified atom stereocenters. The van der Waals surface area contributed by atoms with Crippen LogP contribution >= 0.6 is 59.1 Å². The van der Waals surface area contributed by atoms with E-state index in [9.17, 15) is 0 Å². The van der Waals surface area contributed by atoms with Crippen LogP contribution < -0.4 is 0 Å². The van der Waals surface area contributed by atoms with Crippen LogP contribution in [0.2, 0.25) is 0 Å². The van der Waals surface area contributed by atoms with Crippen LogP contribution in [0.1, 0.15) is 21.1 Å². The summed E-state index contributed by atoms with van der Waals surface area (Å²) < 4.78 is 1.12. The molecule has 1 aromatic heterocycles. The van der Waals surface area contributed by atoms with Crippen molar-refractivity contribution >= 4 is 59.1 Å². The number of halogens is 3. The molecule has 0 aliphatic heterocycles. The molecule has 108 valence electrons. The molecular formula is C15H16Br3NS. The molecule has 5 heteroatoms. The molecule has 0 aliphatic rings. The lowest BCUT2D eigenvalue weighted by Gasteiger charge is -2.30. The van der Waals surface area contributed by atoms with Gasteiger partial charge in [0, 0.05) is 31.8 Å². The molecular weight excluding hydrogens is 466 g/mol. The second kappa shape index (κ2) is 7.03. The topological polar surface area (TPSA) is 12.9 Å². The molecule has 0 saturated carbocycles. The summed E-state index contributed by atoms with van der Waals surface area (Å²) in [7, 11) is 0. The van der Waals surface area contributed by atoms with Crippen molar-refractivity contribution in [1.82, 2.24) is 4.98 Å². The van der Waals surface area contributed by atoms with Crippen molar-refractivity contribution in [3.63, 3.8) is 0 Å². The van der Waals surface area contributed by atoms with Crippen LogP contribution in [0.15, 0.2) is 28.7 Å². The summed E-state index contributed by atoms with van der Waals surface area (Å²) in [6, 6.07) is 8.56. The number of alkyl halides is 2. The lowest BCUT2D eigenvalue weighted by atomic mass is 9.82. The standard InChI is InChI=1S/C15H16Br3NS/c1-10-11(2)20-14(19-10)7-15(8-16,9-17)12-4-3-5-13(18)6-12/h3-6H,7-9H2,1-2H3. The Bertz CT molecular complexity index is 571. The summed E-state index contributed by atoms with van der Waals surface area (Å²) >= 11 is 12.8. The molecule has 0 atom stereocenters. The SMILES string of the molecule is Cc1nc(CC(CBr)(CBr)c2cccc(Br)c2)sc1C. The van der Waals surface area contributed by atoms with E-state index in [1.807, 2.05) is 0 Å². The van der Waals surface area contributed by atoms with E-state index in [1.54, 1.807) is 11.3 Å². The van der Waals surface area contributed by atoms with Gasteiger partial charge in [0.1, 0.15) is 0 Å². The third kappa shape index (κ3) is 3.54. The molecule has 20 heavy (non-hydrogen) atoms. The summed E-state index contributed by atoms with van der Waals surface area (Å²) in [5, 5.41) is 3.01. The summed E-state index contributed by atoms with van der Waals surface area (Å²) in [5.41, 5.74) is 2.50. The van der Waals surface area contributed by atoms with Gasteiger partial charge in [-0.1, -0.05) is 59.9 Å². The number of rotatable bonds is 5. The molecule has 0 fully saturated rings. The fourth-order valence-electron chi connectivity index (χ4n) is 2.11. The van der Waals surface area contributed by atoms with Gasteiger partial charge in [-0.05, 0) is 31.5 Å². The first-order valence-electron chi connectivity index (χ1n) is 6.31. The van der Waals surface area contributed by atoms with Gasteiger partial charge in [0.15, 0.2) is 0 Å². The monoisotopic (exact) mass is 479 g/mol. The van der Waals surface area contributed by atoms with E-state index in [0.29, 0.717) is 0 Å². The van der Waals surface area contributed by atoms with E-state index in [0.717, 1.165) is 27.2 Å². The predicted molar refractivity (Wildman–Crippen MR) is 98.7 cm³/mol. The third-order valence-corrected chi connectivity index (χ3v) is 7.22. The van der Waals surface area contributed by atoms with Crippen LogP contribution in [0.4, 0.5) is 0 Å². The van der Waals surface area contributed by atoms with Crippen LogP contribution in [-0.4, -0.2) is 15.6 Å². The zero-order chi connectivity index (χ0) is 14.8. The van der Waals surface area contributed by atoms with Gasteiger partial charge in [-0.25, -0.2) is 4.98 Å². The van der Waals surface area contributed by atoms with Crippen LogP contribution in [0, 0.1) is 13.8 Å². The highest BCUT2D eigenvalue weighted by molar-refractivity contribution is 9.10. The maximum atomic E-state index is 4.70. The fraction of sp³-hybridized carbons (Fsp3) is 0.400. The molecule has 0 saturated heterocycles. The first kappa shape index (κ1) is 16.7. The lowest BCUT2D eigenvalue weighted by molar-refractivity contribution is 0.549. The molecule has 0 bridgehead atoms. The van der Waals surface area contributed by atoms with Crippen molar-refractivity contribution in [2.45, 2.75) is 25.7 Å². The normalized spacial score (nSPS) is 11.8. The Morgan fingerprint density at radius 3 is 2.40 bits per heavy atom. The Labute approximate surface area is 149 Å². The lowest BCUT2D eigenvalue weighted by Crippen LogP contribution is -2.33.